The summed E-state index contributed by atoms with van der Waals surface area (Å²) < 4.78 is 0. The maximum atomic E-state index is 12.6. The number of nitro groups is 1. The quantitative estimate of drug-likeness (QED) is 0.436. The van der Waals surface area contributed by atoms with Crippen LogP contribution in [0.4, 0.5) is 11.4 Å². The van der Waals surface area contributed by atoms with Gasteiger partial charge in [0, 0.05) is 24.7 Å². The Kier molecular flexibility index (Phi) is 5.72. The highest BCUT2D eigenvalue weighted by Gasteiger charge is 2.40. The van der Waals surface area contributed by atoms with Gasteiger partial charge < -0.3 is 5.32 Å². The molecule has 8 heteroatoms. The molecule has 0 unspecified atom stereocenters. The third-order valence-corrected chi connectivity index (χ3v) is 5.11. The molecule has 29 heavy (non-hydrogen) atoms. The monoisotopic (exact) mass is 395 g/mol. The lowest BCUT2D eigenvalue weighted by Gasteiger charge is -2.17. The first-order valence-corrected chi connectivity index (χ1v) is 9.37. The molecule has 3 amide bonds. The summed E-state index contributed by atoms with van der Waals surface area (Å²) in [6, 6.07) is 11.4. The first-order valence-electron chi connectivity index (χ1n) is 9.37. The summed E-state index contributed by atoms with van der Waals surface area (Å²) >= 11 is 0. The number of hydrogen-bond donors (Lipinski definition) is 1. The van der Waals surface area contributed by atoms with Gasteiger partial charge in [0.15, 0.2) is 0 Å². The zero-order chi connectivity index (χ0) is 21.1. The van der Waals surface area contributed by atoms with E-state index in [4.69, 9.17) is 0 Å². The molecular formula is C21H21N3O5. The fourth-order valence-electron chi connectivity index (χ4n) is 3.36. The number of hydrogen-bond acceptors (Lipinski definition) is 5. The van der Waals surface area contributed by atoms with Crippen LogP contribution in [0.25, 0.3) is 0 Å². The van der Waals surface area contributed by atoms with Crippen LogP contribution in [0.1, 0.15) is 58.9 Å². The Bertz CT molecular complexity index is 1000. The van der Waals surface area contributed by atoms with Gasteiger partial charge >= 0.3 is 0 Å². The van der Waals surface area contributed by atoms with E-state index in [0.29, 0.717) is 5.69 Å². The van der Waals surface area contributed by atoms with Crippen LogP contribution in [0, 0.1) is 10.1 Å². The topological polar surface area (TPSA) is 110 Å². The lowest BCUT2D eigenvalue weighted by atomic mass is 9.97. The van der Waals surface area contributed by atoms with Gasteiger partial charge in [-0.2, -0.15) is 0 Å². The predicted octanol–water partition coefficient (Wildman–Crippen LogP) is 3.73. The minimum absolute atomic E-state index is 0.00766. The van der Waals surface area contributed by atoms with Crippen molar-refractivity contribution < 1.29 is 19.3 Å². The SMILES string of the molecule is CC[C@@H](C)c1ccccc1NC(=O)CCN1C(=O)c2cccc([N+](=O)[O-])c2C1=O. The van der Waals surface area contributed by atoms with Crippen LogP contribution in [0.5, 0.6) is 0 Å². The van der Waals surface area contributed by atoms with Crippen molar-refractivity contribution in [3.63, 3.8) is 0 Å². The van der Waals surface area contributed by atoms with Gasteiger partial charge in [0.1, 0.15) is 5.56 Å². The number of imide groups is 1. The van der Waals surface area contributed by atoms with Crippen molar-refractivity contribution in [2.75, 3.05) is 11.9 Å². The zero-order valence-corrected chi connectivity index (χ0v) is 16.2. The minimum atomic E-state index is -0.745. The number of amides is 3. The Morgan fingerprint density at radius 1 is 1.14 bits per heavy atom. The number of para-hydroxylation sites is 1. The molecule has 0 fully saturated rings. The zero-order valence-electron chi connectivity index (χ0n) is 16.2. The maximum absolute atomic E-state index is 12.6. The van der Waals surface area contributed by atoms with Gasteiger partial charge in [-0.3, -0.25) is 29.4 Å². The highest BCUT2D eigenvalue weighted by Crippen LogP contribution is 2.31. The number of fused-ring (bicyclic) bond motifs is 1. The molecule has 1 N–H and O–H groups in total. The summed E-state index contributed by atoms with van der Waals surface area (Å²) in [6.07, 6.45) is 0.814. The van der Waals surface area contributed by atoms with Crippen molar-refractivity contribution in [3.8, 4) is 0 Å². The molecular weight excluding hydrogens is 374 g/mol. The number of rotatable bonds is 7. The largest absolute Gasteiger partial charge is 0.326 e. The van der Waals surface area contributed by atoms with Crippen molar-refractivity contribution in [2.24, 2.45) is 0 Å². The lowest BCUT2D eigenvalue weighted by Crippen LogP contribution is -2.33. The van der Waals surface area contributed by atoms with Crippen molar-refractivity contribution in [2.45, 2.75) is 32.6 Å². The molecule has 0 saturated carbocycles. The van der Waals surface area contributed by atoms with Crippen molar-refractivity contribution >= 4 is 29.1 Å². The summed E-state index contributed by atoms with van der Waals surface area (Å²) in [5.41, 5.74) is 1.08. The number of anilines is 1. The third kappa shape index (κ3) is 3.87. The van der Waals surface area contributed by atoms with E-state index in [2.05, 4.69) is 19.2 Å². The van der Waals surface area contributed by atoms with Crippen molar-refractivity contribution in [1.29, 1.82) is 0 Å². The summed E-state index contributed by atoms with van der Waals surface area (Å²) in [7, 11) is 0. The van der Waals surface area contributed by atoms with Gasteiger partial charge in [0.05, 0.1) is 10.5 Å². The molecule has 0 saturated heterocycles. The summed E-state index contributed by atoms with van der Waals surface area (Å²) in [5, 5.41) is 14.0. The minimum Gasteiger partial charge on any atom is -0.326 e. The Hall–Kier alpha value is -3.55. The summed E-state index contributed by atoms with van der Waals surface area (Å²) in [4.78, 5) is 48.8. The second-order valence-electron chi connectivity index (χ2n) is 6.91. The second-order valence-corrected chi connectivity index (χ2v) is 6.91. The average molecular weight is 395 g/mol. The van der Waals surface area contributed by atoms with Crippen molar-refractivity contribution in [3.05, 3.63) is 69.3 Å². The van der Waals surface area contributed by atoms with E-state index in [9.17, 15) is 24.5 Å². The second kappa shape index (κ2) is 8.22. The summed E-state index contributed by atoms with van der Waals surface area (Å²) in [6.45, 7) is 3.97. The standard InChI is InChI=1S/C21H21N3O5/c1-3-13(2)14-7-4-5-9-16(14)22-18(25)11-12-23-20(26)15-8-6-10-17(24(28)29)19(15)21(23)27/h4-10,13H,3,11-12H2,1-2H3,(H,22,25)/t13-/m1/s1. The van der Waals surface area contributed by atoms with Crippen molar-refractivity contribution in [1.82, 2.24) is 4.90 Å². The number of carbonyl (C=O) groups excluding carboxylic acids is 3. The molecule has 2 aromatic carbocycles. The maximum Gasteiger partial charge on any atom is 0.282 e. The van der Waals surface area contributed by atoms with Crippen LogP contribution in [-0.4, -0.2) is 34.1 Å². The average Bonchev–Trinajstić information content (AvgIpc) is 2.96. The molecule has 0 bridgehead atoms. The molecule has 3 rings (SSSR count). The van der Waals surface area contributed by atoms with Crippen LogP contribution >= 0.6 is 0 Å². The van der Waals surface area contributed by atoms with Crippen LogP contribution in [-0.2, 0) is 4.79 Å². The third-order valence-electron chi connectivity index (χ3n) is 5.11. The van der Waals surface area contributed by atoms with Gasteiger partial charge in [-0.25, -0.2) is 0 Å². The number of carbonyl (C=O) groups is 3. The molecule has 1 aliphatic heterocycles. The Labute approximate surface area is 167 Å². The molecule has 0 aliphatic carbocycles. The Morgan fingerprint density at radius 3 is 2.55 bits per heavy atom. The van der Waals surface area contributed by atoms with Crippen LogP contribution in [0.2, 0.25) is 0 Å². The van der Waals surface area contributed by atoms with Gasteiger partial charge in [-0.05, 0) is 30.0 Å². The fraction of sp³-hybridized carbons (Fsp3) is 0.286. The molecule has 1 atom stereocenters. The Morgan fingerprint density at radius 2 is 1.86 bits per heavy atom. The van der Waals surface area contributed by atoms with E-state index >= 15 is 0 Å². The molecule has 1 aliphatic rings. The molecule has 150 valence electrons. The van der Waals surface area contributed by atoms with E-state index in [1.807, 2.05) is 24.3 Å². The highest BCUT2D eigenvalue weighted by atomic mass is 16.6. The smallest absolute Gasteiger partial charge is 0.282 e. The van der Waals surface area contributed by atoms with E-state index in [-0.39, 0.29) is 35.9 Å². The van der Waals surface area contributed by atoms with E-state index in [0.717, 1.165) is 16.9 Å². The van der Waals surface area contributed by atoms with Gasteiger partial charge in [-0.15, -0.1) is 0 Å². The van der Waals surface area contributed by atoms with Crippen LogP contribution in [0.15, 0.2) is 42.5 Å². The van der Waals surface area contributed by atoms with E-state index in [1.165, 1.54) is 18.2 Å². The normalized spacial score (nSPS) is 13.9. The molecule has 0 aromatic heterocycles. The molecule has 0 spiro atoms. The first kappa shape index (κ1) is 20.2. The summed E-state index contributed by atoms with van der Waals surface area (Å²) in [5.74, 6) is -1.44. The number of nitro benzene ring substituents is 1. The van der Waals surface area contributed by atoms with Crippen LogP contribution < -0.4 is 5.32 Å². The number of benzene rings is 2. The van der Waals surface area contributed by atoms with Gasteiger partial charge in [0.2, 0.25) is 5.91 Å². The molecule has 8 nitrogen and oxygen atoms in total. The highest BCUT2D eigenvalue weighted by molar-refractivity contribution is 6.23. The van der Waals surface area contributed by atoms with E-state index in [1.54, 1.807) is 0 Å². The number of nitrogens with zero attached hydrogens (tertiary/aromatic N) is 2. The molecule has 0 radical (unpaired) electrons. The van der Waals surface area contributed by atoms with Crippen LogP contribution in [0.3, 0.4) is 0 Å². The van der Waals surface area contributed by atoms with E-state index < -0.39 is 22.4 Å². The number of nitrogens with one attached hydrogen (secondary N) is 1. The van der Waals surface area contributed by atoms with Gasteiger partial charge in [-0.1, -0.05) is 38.1 Å². The van der Waals surface area contributed by atoms with Gasteiger partial charge in [0.25, 0.3) is 17.5 Å². The fourth-order valence-corrected chi connectivity index (χ4v) is 3.36. The lowest BCUT2D eigenvalue weighted by molar-refractivity contribution is -0.385. The molecule has 2 aromatic rings. The first-order chi connectivity index (χ1) is 13.8. The molecule has 1 heterocycles. The predicted molar refractivity (Wildman–Crippen MR) is 107 cm³/mol. The Balaban J connectivity index is 1.71.